The molecule has 2 N–H and O–H groups in total. The van der Waals surface area contributed by atoms with Crippen LogP contribution in [0.1, 0.15) is 12.8 Å². The van der Waals surface area contributed by atoms with Crippen LogP contribution >= 0.6 is 0 Å². The second-order valence-corrected chi connectivity index (χ2v) is 4.17. The number of nitrogens with one attached hydrogen (secondary N) is 2. The summed E-state index contributed by atoms with van der Waals surface area (Å²) in [4.78, 5) is 34.0. The van der Waals surface area contributed by atoms with E-state index in [1.54, 1.807) is 0 Å². The molecule has 7 heteroatoms. The highest BCUT2D eigenvalue weighted by molar-refractivity contribution is 5.75. The zero-order valence-corrected chi connectivity index (χ0v) is 9.85. The predicted molar refractivity (Wildman–Crippen MR) is 63.3 cm³/mol. The molecule has 7 nitrogen and oxygen atoms in total. The number of aromatic nitrogens is 2. The summed E-state index contributed by atoms with van der Waals surface area (Å²) in [5.74, 6) is -0.325. The minimum absolute atomic E-state index is 0.0560. The minimum Gasteiger partial charge on any atom is -0.376 e. The summed E-state index contributed by atoms with van der Waals surface area (Å²) < 4.78 is 6.33. The van der Waals surface area contributed by atoms with Gasteiger partial charge in [0.2, 0.25) is 5.91 Å². The maximum Gasteiger partial charge on any atom is 0.265 e. The van der Waals surface area contributed by atoms with Gasteiger partial charge in [0.25, 0.3) is 11.1 Å². The molecule has 1 aromatic heterocycles. The van der Waals surface area contributed by atoms with Crippen LogP contribution in [0.4, 0.5) is 0 Å². The first kappa shape index (κ1) is 12.6. The Morgan fingerprint density at radius 2 is 2.33 bits per heavy atom. The number of H-pyrrole nitrogens is 1. The Balaban J connectivity index is 1.88. The minimum atomic E-state index is -0.415. The van der Waals surface area contributed by atoms with Crippen LogP contribution in [0.5, 0.6) is 0 Å². The molecule has 1 aromatic rings. The van der Waals surface area contributed by atoms with E-state index in [4.69, 9.17) is 4.74 Å². The zero-order valence-electron chi connectivity index (χ0n) is 9.85. The standard InChI is InChI=1S/C11H15N3O4/c15-9-3-4-11(17)14(13-9)7-10(16)12-6-8-2-1-5-18-8/h3-4,8H,1-2,5-7H2,(H,12,16)(H,13,15). The number of rotatable bonds is 4. The van der Waals surface area contributed by atoms with Crippen molar-refractivity contribution in [1.82, 2.24) is 15.1 Å². The third-order valence-corrected chi connectivity index (χ3v) is 2.74. The van der Waals surface area contributed by atoms with E-state index in [9.17, 15) is 14.4 Å². The average Bonchev–Trinajstić information content (AvgIpc) is 2.84. The van der Waals surface area contributed by atoms with E-state index in [2.05, 4.69) is 10.4 Å². The van der Waals surface area contributed by atoms with Gasteiger partial charge in [-0.05, 0) is 12.8 Å². The van der Waals surface area contributed by atoms with Crippen LogP contribution in [-0.4, -0.2) is 34.9 Å². The zero-order chi connectivity index (χ0) is 13.0. The van der Waals surface area contributed by atoms with Crippen molar-refractivity contribution in [3.63, 3.8) is 0 Å². The Bertz CT molecular complexity index is 528. The van der Waals surface area contributed by atoms with Gasteiger partial charge in [-0.2, -0.15) is 0 Å². The molecule has 18 heavy (non-hydrogen) atoms. The van der Waals surface area contributed by atoms with Gasteiger partial charge in [0.05, 0.1) is 6.10 Å². The Hall–Kier alpha value is -1.89. The Kier molecular flexibility index (Phi) is 3.93. The van der Waals surface area contributed by atoms with Crippen molar-refractivity contribution < 1.29 is 9.53 Å². The lowest BCUT2D eigenvalue weighted by Gasteiger charge is -2.11. The van der Waals surface area contributed by atoms with E-state index in [0.29, 0.717) is 6.54 Å². The van der Waals surface area contributed by atoms with Gasteiger partial charge in [-0.25, -0.2) is 4.68 Å². The Morgan fingerprint density at radius 3 is 3.06 bits per heavy atom. The second-order valence-electron chi connectivity index (χ2n) is 4.17. The van der Waals surface area contributed by atoms with Gasteiger partial charge in [0.15, 0.2) is 0 Å². The number of hydrogen-bond acceptors (Lipinski definition) is 4. The summed E-state index contributed by atoms with van der Waals surface area (Å²) in [7, 11) is 0. The lowest BCUT2D eigenvalue weighted by molar-refractivity contribution is -0.122. The predicted octanol–water partition coefficient (Wildman–Crippen LogP) is -1.17. The van der Waals surface area contributed by atoms with Gasteiger partial charge in [0, 0.05) is 25.3 Å². The number of carbonyl (C=O) groups is 1. The number of nitrogens with zero attached hydrogens (tertiary/aromatic N) is 1. The summed E-state index contributed by atoms with van der Waals surface area (Å²) in [6.07, 6.45) is 1.99. The van der Waals surface area contributed by atoms with Crippen LogP contribution in [0.2, 0.25) is 0 Å². The number of ether oxygens (including phenoxy) is 1. The molecule has 1 aliphatic rings. The molecule has 2 heterocycles. The SMILES string of the molecule is O=C(Cn1[nH]c(=O)ccc1=O)NCC1CCCO1. The Labute approximate surface area is 103 Å². The highest BCUT2D eigenvalue weighted by atomic mass is 16.5. The van der Waals surface area contributed by atoms with Crippen molar-refractivity contribution in [1.29, 1.82) is 0 Å². The summed E-state index contributed by atoms with van der Waals surface area (Å²) in [6, 6.07) is 2.26. The monoisotopic (exact) mass is 253 g/mol. The average molecular weight is 253 g/mol. The first-order chi connectivity index (χ1) is 8.65. The van der Waals surface area contributed by atoms with Crippen molar-refractivity contribution >= 4 is 5.91 Å². The number of aromatic amines is 1. The topological polar surface area (TPSA) is 93.2 Å². The van der Waals surface area contributed by atoms with Crippen molar-refractivity contribution in [3.05, 3.63) is 32.8 Å². The van der Waals surface area contributed by atoms with Crippen LogP contribution in [-0.2, 0) is 16.1 Å². The van der Waals surface area contributed by atoms with E-state index >= 15 is 0 Å². The fourth-order valence-corrected chi connectivity index (χ4v) is 1.81. The smallest absolute Gasteiger partial charge is 0.265 e. The summed E-state index contributed by atoms with van der Waals surface area (Å²) in [5, 5.41) is 4.97. The molecule has 0 aliphatic carbocycles. The highest BCUT2D eigenvalue weighted by Gasteiger charge is 2.16. The summed E-state index contributed by atoms with van der Waals surface area (Å²) in [5.41, 5.74) is -0.830. The van der Waals surface area contributed by atoms with Gasteiger partial charge >= 0.3 is 0 Å². The molecule has 1 atom stereocenters. The highest BCUT2D eigenvalue weighted by Crippen LogP contribution is 2.10. The lowest BCUT2D eigenvalue weighted by Crippen LogP contribution is -2.38. The van der Waals surface area contributed by atoms with E-state index < -0.39 is 11.1 Å². The quantitative estimate of drug-likeness (QED) is 0.707. The first-order valence-electron chi connectivity index (χ1n) is 5.83. The summed E-state index contributed by atoms with van der Waals surface area (Å²) >= 11 is 0. The number of carbonyl (C=O) groups excluding carboxylic acids is 1. The molecule has 1 saturated heterocycles. The van der Waals surface area contributed by atoms with Gasteiger partial charge in [0.1, 0.15) is 6.54 Å². The van der Waals surface area contributed by atoms with Gasteiger partial charge in [-0.3, -0.25) is 19.5 Å². The fourth-order valence-electron chi connectivity index (χ4n) is 1.81. The molecule has 1 aliphatic heterocycles. The van der Waals surface area contributed by atoms with Crippen LogP contribution in [0.3, 0.4) is 0 Å². The molecular weight excluding hydrogens is 238 g/mol. The Morgan fingerprint density at radius 1 is 1.50 bits per heavy atom. The van der Waals surface area contributed by atoms with Crippen LogP contribution in [0, 0.1) is 0 Å². The van der Waals surface area contributed by atoms with Gasteiger partial charge < -0.3 is 10.1 Å². The van der Waals surface area contributed by atoms with Crippen molar-refractivity contribution in [2.45, 2.75) is 25.5 Å². The maximum absolute atomic E-state index is 11.6. The van der Waals surface area contributed by atoms with Gasteiger partial charge in [-0.15, -0.1) is 0 Å². The van der Waals surface area contributed by atoms with Crippen LogP contribution in [0.25, 0.3) is 0 Å². The van der Waals surface area contributed by atoms with Crippen molar-refractivity contribution in [2.24, 2.45) is 0 Å². The first-order valence-corrected chi connectivity index (χ1v) is 5.83. The summed E-state index contributed by atoms with van der Waals surface area (Å²) in [6.45, 7) is 0.971. The van der Waals surface area contributed by atoms with Crippen molar-refractivity contribution in [3.8, 4) is 0 Å². The maximum atomic E-state index is 11.6. The molecule has 0 radical (unpaired) electrons. The van der Waals surface area contributed by atoms with Gasteiger partial charge in [-0.1, -0.05) is 0 Å². The van der Waals surface area contributed by atoms with E-state index in [1.807, 2.05) is 0 Å². The molecule has 0 saturated carbocycles. The molecule has 98 valence electrons. The van der Waals surface area contributed by atoms with E-state index in [0.717, 1.165) is 36.3 Å². The molecule has 1 fully saturated rings. The number of hydrogen-bond donors (Lipinski definition) is 2. The van der Waals surface area contributed by atoms with Crippen LogP contribution in [0.15, 0.2) is 21.7 Å². The van der Waals surface area contributed by atoms with E-state index in [-0.39, 0.29) is 18.6 Å². The van der Waals surface area contributed by atoms with Crippen LogP contribution < -0.4 is 16.4 Å². The fraction of sp³-hybridized carbons (Fsp3) is 0.545. The third kappa shape index (κ3) is 3.30. The number of amides is 1. The second kappa shape index (κ2) is 5.63. The normalized spacial score (nSPS) is 18.8. The lowest BCUT2D eigenvalue weighted by atomic mass is 10.2. The molecular formula is C11H15N3O4. The molecule has 1 amide bonds. The molecule has 1 unspecified atom stereocenters. The molecule has 2 rings (SSSR count). The van der Waals surface area contributed by atoms with Crippen molar-refractivity contribution in [2.75, 3.05) is 13.2 Å². The van der Waals surface area contributed by atoms with E-state index in [1.165, 1.54) is 0 Å². The largest absolute Gasteiger partial charge is 0.376 e. The molecule has 0 bridgehead atoms. The molecule has 0 spiro atoms. The molecule has 0 aromatic carbocycles. The third-order valence-electron chi connectivity index (χ3n) is 2.74.